The lowest BCUT2D eigenvalue weighted by molar-refractivity contribution is -0.138. The number of carbonyl (C=O) groups excluding carboxylic acids is 1. The highest BCUT2D eigenvalue weighted by Gasteiger charge is 2.35. The molecule has 0 unspecified atom stereocenters. The maximum atomic E-state index is 14.3. The van der Waals surface area contributed by atoms with Gasteiger partial charge in [0, 0.05) is 10.0 Å². The van der Waals surface area contributed by atoms with E-state index in [9.17, 15) is 9.59 Å². The zero-order chi connectivity index (χ0) is 33.6. The van der Waals surface area contributed by atoms with Crippen molar-refractivity contribution in [3.05, 3.63) is 149 Å². The quantitative estimate of drug-likeness (QED) is 0.141. The van der Waals surface area contributed by atoms with Gasteiger partial charge in [-0.1, -0.05) is 87.9 Å². The molecule has 0 amide bonds. The van der Waals surface area contributed by atoms with Crippen molar-refractivity contribution in [2.24, 2.45) is 4.99 Å². The molecule has 1 aromatic heterocycles. The Labute approximate surface area is 290 Å². The lowest BCUT2D eigenvalue weighted by Crippen LogP contribution is -2.40. The number of esters is 1. The summed E-state index contributed by atoms with van der Waals surface area (Å²) < 4.78 is 26.0. The highest BCUT2D eigenvalue weighted by molar-refractivity contribution is 9.10. The molecule has 0 spiro atoms. The summed E-state index contributed by atoms with van der Waals surface area (Å²) in [6, 6.07) is 29.6. The van der Waals surface area contributed by atoms with E-state index in [-0.39, 0.29) is 12.2 Å². The molecule has 48 heavy (non-hydrogen) atoms. The van der Waals surface area contributed by atoms with Crippen LogP contribution in [-0.2, 0) is 16.1 Å². The molecule has 0 aliphatic carbocycles. The lowest BCUT2D eigenvalue weighted by Gasteiger charge is -2.26. The molecule has 0 N–H and O–H groups in total. The molecular weight excluding hydrogens is 692 g/mol. The highest BCUT2D eigenvalue weighted by Crippen LogP contribution is 2.36. The van der Waals surface area contributed by atoms with Crippen molar-refractivity contribution < 1.29 is 23.7 Å². The monoisotopic (exact) mass is 724 g/mol. The summed E-state index contributed by atoms with van der Waals surface area (Å²) >= 11 is 4.71. The van der Waals surface area contributed by atoms with Crippen LogP contribution < -0.4 is 29.1 Å². The average Bonchev–Trinajstić information content (AvgIpc) is 3.42. The predicted octanol–water partition coefficient (Wildman–Crippen LogP) is 6.68. The van der Waals surface area contributed by atoms with Crippen molar-refractivity contribution in [2.45, 2.75) is 26.5 Å². The van der Waals surface area contributed by atoms with E-state index in [2.05, 4.69) is 15.9 Å². The number of halogens is 1. The first-order valence-electron chi connectivity index (χ1n) is 15.5. The Balaban J connectivity index is 1.46. The second kappa shape index (κ2) is 14.9. The van der Waals surface area contributed by atoms with Crippen LogP contribution in [0.25, 0.3) is 11.8 Å². The van der Waals surface area contributed by atoms with Crippen molar-refractivity contribution in [1.82, 2.24) is 4.57 Å². The van der Waals surface area contributed by atoms with Crippen LogP contribution in [0.2, 0.25) is 0 Å². The normalized spacial score (nSPS) is 14.2. The Kier molecular flexibility index (Phi) is 10.2. The molecule has 1 atom stereocenters. The van der Waals surface area contributed by atoms with E-state index < -0.39 is 12.0 Å². The van der Waals surface area contributed by atoms with E-state index in [1.807, 2.05) is 104 Å². The zero-order valence-corrected chi connectivity index (χ0v) is 29.0. The van der Waals surface area contributed by atoms with E-state index in [0.717, 1.165) is 26.7 Å². The molecule has 244 valence electrons. The Bertz CT molecular complexity index is 2140. The molecule has 0 radical (unpaired) electrons. The maximum Gasteiger partial charge on any atom is 0.338 e. The minimum atomic E-state index is -0.780. The average molecular weight is 726 g/mol. The topological polar surface area (TPSA) is 88.4 Å². The Morgan fingerprint density at radius 3 is 2.35 bits per heavy atom. The van der Waals surface area contributed by atoms with Gasteiger partial charge in [-0.05, 0) is 73.0 Å². The van der Waals surface area contributed by atoms with Gasteiger partial charge in [0.2, 0.25) is 0 Å². The van der Waals surface area contributed by atoms with Gasteiger partial charge in [0.1, 0.15) is 12.4 Å². The number of fused-ring (bicyclic) bond motifs is 1. The van der Waals surface area contributed by atoms with Gasteiger partial charge in [-0.25, -0.2) is 9.79 Å². The minimum absolute atomic E-state index is 0.176. The van der Waals surface area contributed by atoms with Gasteiger partial charge in [0.05, 0.1) is 42.2 Å². The van der Waals surface area contributed by atoms with E-state index in [1.165, 1.54) is 11.3 Å². The second-order valence-corrected chi connectivity index (χ2v) is 12.7. The third-order valence-electron chi connectivity index (χ3n) is 7.67. The van der Waals surface area contributed by atoms with Crippen molar-refractivity contribution >= 4 is 45.0 Å². The number of hydrogen-bond acceptors (Lipinski definition) is 8. The summed E-state index contributed by atoms with van der Waals surface area (Å²) in [7, 11) is 1.58. The molecule has 0 bridgehead atoms. The van der Waals surface area contributed by atoms with Crippen LogP contribution in [0.4, 0.5) is 0 Å². The van der Waals surface area contributed by atoms with E-state index in [1.54, 1.807) is 24.7 Å². The van der Waals surface area contributed by atoms with Crippen molar-refractivity contribution in [1.29, 1.82) is 0 Å². The van der Waals surface area contributed by atoms with Crippen molar-refractivity contribution in [2.75, 3.05) is 20.3 Å². The number of methoxy groups -OCH3 is 1. The molecule has 2 heterocycles. The van der Waals surface area contributed by atoms with Crippen LogP contribution in [0.1, 0.15) is 42.1 Å². The Morgan fingerprint density at radius 1 is 0.917 bits per heavy atom. The fourth-order valence-corrected chi connectivity index (χ4v) is 6.72. The number of ether oxygens (including phenoxy) is 4. The number of nitrogens with zero attached hydrogens (tertiary/aromatic N) is 2. The predicted molar refractivity (Wildman–Crippen MR) is 190 cm³/mol. The van der Waals surface area contributed by atoms with Crippen LogP contribution in [0, 0.1) is 0 Å². The summed E-state index contributed by atoms with van der Waals surface area (Å²) in [6.07, 6.45) is 1.80. The van der Waals surface area contributed by atoms with Gasteiger partial charge >= 0.3 is 5.97 Å². The largest absolute Gasteiger partial charge is 0.494 e. The number of hydrogen-bond donors (Lipinski definition) is 0. The lowest BCUT2D eigenvalue weighted by atomic mass is 9.93. The van der Waals surface area contributed by atoms with Crippen LogP contribution >= 0.6 is 27.3 Å². The molecule has 6 rings (SSSR count). The highest BCUT2D eigenvalue weighted by atomic mass is 79.9. The first-order chi connectivity index (χ1) is 23.4. The molecule has 0 saturated heterocycles. The van der Waals surface area contributed by atoms with E-state index in [4.69, 9.17) is 23.9 Å². The summed E-state index contributed by atoms with van der Waals surface area (Å²) in [5.74, 6) is 1.28. The standard InChI is InChI=1S/C38H33BrN2O6S/c1-4-45-29-18-14-27(15-19-29)35-33(37(43)46-5-2)34(26-9-7-6-8-10-26)40-38-41(35)36(42)32(48-38)22-25-13-20-30(31(21-25)44-3)47-23-24-11-16-28(39)17-12-24/h6-22,35H,4-5,23H2,1-3H3/b32-22-/t35-/m0/s1. The molecule has 5 aromatic rings. The fourth-order valence-electron chi connectivity index (χ4n) is 5.46. The van der Waals surface area contributed by atoms with Crippen LogP contribution in [0.3, 0.4) is 0 Å². The second-order valence-electron chi connectivity index (χ2n) is 10.8. The van der Waals surface area contributed by atoms with Crippen molar-refractivity contribution in [3.63, 3.8) is 0 Å². The molecule has 8 nitrogen and oxygen atoms in total. The first kappa shape index (κ1) is 33.0. The van der Waals surface area contributed by atoms with Gasteiger partial charge in [0.15, 0.2) is 16.3 Å². The van der Waals surface area contributed by atoms with Crippen LogP contribution in [0.15, 0.2) is 117 Å². The minimum Gasteiger partial charge on any atom is -0.494 e. The molecule has 0 fully saturated rings. The summed E-state index contributed by atoms with van der Waals surface area (Å²) in [6.45, 7) is 4.74. The van der Waals surface area contributed by atoms with Gasteiger partial charge in [-0.15, -0.1) is 0 Å². The first-order valence-corrected chi connectivity index (χ1v) is 17.1. The SMILES string of the molecule is CCOC(=O)C1=C(c2ccccc2)N=c2s/c(=C\c3ccc(OCc4ccc(Br)cc4)c(OC)c3)c(=O)n2[C@H]1c1ccc(OCC)cc1. The molecule has 4 aromatic carbocycles. The fraction of sp³-hybridized carbons (Fsp3) is 0.184. The van der Waals surface area contributed by atoms with Gasteiger partial charge in [0.25, 0.3) is 5.56 Å². The number of carbonyl (C=O) groups is 1. The third kappa shape index (κ3) is 7.00. The Hall–Kier alpha value is -4.93. The number of thiazole rings is 1. The zero-order valence-electron chi connectivity index (χ0n) is 26.6. The molecule has 0 saturated carbocycles. The van der Waals surface area contributed by atoms with E-state index in [0.29, 0.717) is 51.1 Å². The summed E-state index contributed by atoms with van der Waals surface area (Å²) in [5.41, 5.74) is 3.73. The van der Waals surface area contributed by atoms with Crippen molar-refractivity contribution in [3.8, 4) is 17.2 Å². The summed E-state index contributed by atoms with van der Waals surface area (Å²) in [4.78, 5) is 33.4. The van der Waals surface area contributed by atoms with Gasteiger partial charge in [-0.3, -0.25) is 9.36 Å². The van der Waals surface area contributed by atoms with E-state index >= 15 is 0 Å². The summed E-state index contributed by atoms with van der Waals surface area (Å²) in [5, 5.41) is 0. The molecular formula is C38H33BrN2O6S. The molecule has 1 aliphatic heterocycles. The molecule has 1 aliphatic rings. The van der Waals surface area contributed by atoms with Crippen LogP contribution in [-0.4, -0.2) is 30.9 Å². The maximum absolute atomic E-state index is 14.3. The smallest absolute Gasteiger partial charge is 0.338 e. The third-order valence-corrected chi connectivity index (χ3v) is 9.19. The van der Waals surface area contributed by atoms with Crippen LogP contribution in [0.5, 0.6) is 17.2 Å². The Morgan fingerprint density at radius 2 is 1.67 bits per heavy atom. The van der Waals surface area contributed by atoms with Gasteiger partial charge in [-0.2, -0.15) is 0 Å². The number of aromatic nitrogens is 1. The van der Waals surface area contributed by atoms with Gasteiger partial charge < -0.3 is 18.9 Å². The molecule has 10 heteroatoms. The number of rotatable bonds is 11. The number of benzene rings is 4.